The summed E-state index contributed by atoms with van der Waals surface area (Å²) in [5.74, 6) is 4.02. The molecule has 4 rings (SSSR count). The molecule has 0 aromatic rings. The number of hydrogen-bond acceptors (Lipinski definition) is 2. The van der Waals surface area contributed by atoms with Crippen LogP contribution in [0.15, 0.2) is 0 Å². The van der Waals surface area contributed by atoms with Gasteiger partial charge in [0.15, 0.2) is 8.32 Å². The smallest absolute Gasteiger partial charge is 0.192 e. The van der Waals surface area contributed by atoms with Gasteiger partial charge in [-0.3, -0.25) is 4.79 Å². The van der Waals surface area contributed by atoms with E-state index < -0.39 is 8.32 Å². The van der Waals surface area contributed by atoms with Crippen molar-refractivity contribution < 1.29 is 9.22 Å². The van der Waals surface area contributed by atoms with Crippen molar-refractivity contribution in [3.8, 4) is 0 Å². The van der Waals surface area contributed by atoms with Gasteiger partial charge >= 0.3 is 0 Å². The Morgan fingerprint density at radius 2 is 1.62 bits per heavy atom. The molecule has 4 fully saturated rings. The lowest BCUT2D eigenvalue weighted by atomic mass is 9.44. The highest BCUT2D eigenvalue weighted by atomic mass is 28.4. The first-order chi connectivity index (χ1) is 13.3. The third-order valence-electron chi connectivity index (χ3n) is 11.0. The molecule has 0 aliphatic heterocycles. The maximum absolute atomic E-state index is 12.7. The van der Waals surface area contributed by atoms with E-state index in [0.29, 0.717) is 23.2 Å². The lowest BCUT2D eigenvalue weighted by molar-refractivity contribution is -0.149. The summed E-state index contributed by atoms with van der Waals surface area (Å²) in [4.78, 5) is 12.7. The van der Waals surface area contributed by atoms with Gasteiger partial charge in [0.2, 0.25) is 0 Å². The molecule has 4 aliphatic rings. The van der Waals surface area contributed by atoms with Gasteiger partial charge in [-0.15, -0.1) is 0 Å². The topological polar surface area (TPSA) is 26.3 Å². The van der Waals surface area contributed by atoms with Crippen LogP contribution in [0.25, 0.3) is 0 Å². The zero-order chi connectivity index (χ0) is 21.4. The largest absolute Gasteiger partial charge is 0.413 e. The SMILES string of the molecule is CC1C[C@@H]2CCC3C4CC[C@H](O[Si](C)(C)C(C)(C)C)[C@@]4(C)CCC3[C@@]2(C)CC1=O. The quantitative estimate of drug-likeness (QED) is 0.442. The van der Waals surface area contributed by atoms with Gasteiger partial charge < -0.3 is 4.43 Å². The molecule has 0 radical (unpaired) electrons. The minimum atomic E-state index is -1.74. The molecule has 0 saturated heterocycles. The fourth-order valence-corrected chi connectivity index (χ4v) is 9.44. The molecule has 0 aromatic heterocycles. The molecule has 166 valence electrons. The summed E-state index contributed by atoms with van der Waals surface area (Å²) in [6.45, 7) is 19.2. The molecule has 3 heteroatoms. The second-order valence-corrected chi connectivity index (χ2v) is 18.2. The molecule has 0 amide bonds. The number of ketones is 1. The van der Waals surface area contributed by atoms with E-state index in [1.54, 1.807) is 0 Å². The van der Waals surface area contributed by atoms with Crippen molar-refractivity contribution in [2.24, 2.45) is 40.4 Å². The van der Waals surface area contributed by atoms with Crippen molar-refractivity contribution in [2.45, 2.75) is 117 Å². The van der Waals surface area contributed by atoms with Gasteiger partial charge in [0.05, 0.1) is 6.10 Å². The minimum absolute atomic E-state index is 0.270. The summed E-state index contributed by atoms with van der Waals surface area (Å²) in [5, 5.41) is 0.281. The second-order valence-electron chi connectivity index (χ2n) is 13.4. The highest BCUT2D eigenvalue weighted by molar-refractivity contribution is 6.74. The molecule has 0 bridgehead atoms. The Hall–Kier alpha value is -0.153. The summed E-state index contributed by atoms with van der Waals surface area (Å²) in [5.41, 5.74) is 0.623. The minimum Gasteiger partial charge on any atom is -0.413 e. The molecule has 4 aliphatic carbocycles. The van der Waals surface area contributed by atoms with Gasteiger partial charge in [-0.05, 0) is 97.6 Å². The fraction of sp³-hybridized carbons (Fsp3) is 0.962. The maximum atomic E-state index is 12.7. The standard InChI is InChI=1S/C26H46O2Si/c1-17-15-18-9-10-19-20-11-12-23(28-29(7,8)24(2,3)4)25(20,5)14-13-21(19)26(18,6)16-22(17)27/h17-21,23H,9-16H2,1-8H3/t17?,18-,19?,20?,21?,23-,25-,26-/m0/s1. The Morgan fingerprint density at radius 1 is 0.966 bits per heavy atom. The van der Waals surface area contributed by atoms with E-state index in [9.17, 15) is 4.79 Å². The molecule has 4 unspecified atom stereocenters. The first-order valence-corrected chi connectivity index (χ1v) is 15.4. The Labute approximate surface area is 181 Å². The van der Waals surface area contributed by atoms with Crippen LogP contribution in [0.2, 0.25) is 18.1 Å². The molecule has 2 nitrogen and oxygen atoms in total. The van der Waals surface area contributed by atoms with E-state index >= 15 is 0 Å². The molecule has 4 saturated carbocycles. The number of carbonyl (C=O) groups is 1. The van der Waals surface area contributed by atoms with Crippen molar-refractivity contribution >= 4 is 14.1 Å². The van der Waals surface area contributed by atoms with Crippen LogP contribution in [0, 0.1) is 40.4 Å². The van der Waals surface area contributed by atoms with Gasteiger partial charge in [-0.25, -0.2) is 0 Å². The van der Waals surface area contributed by atoms with Gasteiger partial charge in [0, 0.05) is 12.3 Å². The highest BCUT2D eigenvalue weighted by Gasteiger charge is 2.61. The average molecular weight is 419 g/mol. The third kappa shape index (κ3) is 3.32. The van der Waals surface area contributed by atoms with Crippen LogP contribution in [0.3, 0.4) is 0 Å². The summed E-state index contributed by atoms with van der Waals surface area (Å²) in [6.07, 6.45) is 10.5. The van der Waals surface area contributed by atoms with Crippen molar-refractivity contribution in [1.29, 1.82) is 0 Å². The molecule has 8 atom stereocenters. The van der Waals surface area contributed by atoms with E-state index in [-0.39, 0.29) is 10.5 Å². The molecule has 0 spiro atoms. The molecule has 0 aromatic carbocycles. The number of hydrogen-bond donors (Lipinski definition) is 0. The number of Topliss-reactive ketones (excluding diaryl/α,β-unsaturated/α-hetero) is 1. The number of fused-ring (bicyclic) bond motifs is 5. The normalized spacial score (nSPS) is 48.1. The molecular weight excluding hydrogens is 372 g/mol. The molecule has 0 N–H and O–H groups in total. The van der Waals surface area contributed by atoms with E-state index in [1.165, 1.54) is 38.5 Å². The second kappa shape index (κ2) is 6.92. The van der Waals surface area contributed by atoms with Crippen LogP contribution < -0.4 is 0 Å². The first kappa shape index (κ1) is 22.1. The predicted octanol–water partition coefficient (Wildman–Crippen LogP) is 7.23. The van der Waals surface area contributed by atoms with Gasteiger partial charge in [0.1, 0.15) is 5.78 Å². The van der Waals surface area contributed by atoms with Gasteiger partial charge in [0.25, 0.3) is 0 Å². The zero-order valence-electron chi connectivity index (χ0n) is 20.4. The lowest BCUT2D eigenvalue weighted by Crippen LogP contribution is -2.56. The van der Waals surface area contributed by atoms with E-state index in [1.807, 2.05) is 0 Å². The maximum Gasteiger partial charge on any atom is 0.192 e. The van der Waals surface area contributed by atoms with Crippen LogP contribution in [-0.4, -0.2) is 20.2 Å². The highest BCUT2D eigenvalue weighted by Crippen LogP contribution is 2.67. The van der Waals surface area contributed by atoms with Crippen molar-refractivity contribution in [1.82, 2.24) is 0 Å². The van der Waals surface area contributed by atoms with E-state index in [2.05, 4.69) is 54.6 Å². The molecule has 0 heterocycles. The Bertz CT molecular complexity index is 664. The average Bonchev–Trinajstić information content (AvgIpc) is 2.91. The van der Waals surface area contributed by atoms with Crippen LogP contribution in [0.4, 0.5) is 0 Å². The van der Waals surface area contributed by atoms with Crippen molar-refractivity contribution in [3.05, 3.63) is 0 Å². The molecular formula is C26H46O2Si. The van der Waals surface area contributed by atoms with Crippen LogP contribution >= 0.6 is 0 Å². The number of rotatable bonds is 2. The monoisotopic (exact) mass is 418 g/mol. The predicted molar refractivity (Wildman–Crippen MR) is 123 cm³/mol. The lowest BCUT2D eigenvalue weighted by Gasteiger charge is -2.60. The Balaban J connectivity index is 1.56. The fourth-order valence-electron chi connectivity index (χ4n) is 7.98. The summed E-state index contributed by atoms with van der Waals surface area (Å²) >= 11 is 0. The van der Waals surface area contributed by atoms with E-state index in [4.69, 9.17) is 4.43 Å². The third-order valence-corrected chi connectivity index (χ3v) is 15.5. The van der Waals surface area contributed by atoms with Gasteiger partial charge in [-0.1, -0.05) is 41.5 Å². The molecule has 29 heavy (non-hydrogen) atoms. The van der Waals surface area contributed by atoms with Crippen molar-refractivity contribution in [2.75, 3.05) is 0 Å². The summed E-state index contributed by atoms with van der Waals surface area (Å²) in [7, 11) is -1.74. The van der Waals surface area contributed by atoms with Crippen LogP contribution in [0.5, 0.6) is 0 Å². The van der Waals surface area contributed by atoms with Crippen LogP contribution in [0.1, 0.15) is 92.9 Å². The van der Waals surface area contributed by atoms with Crippen LogP contribution in [-0.2, 0) is 9.22 Å². The van der Waals surface area contributed by atoms with E-state index in [0.717, 1.165) is 36.5 Å². The Kier molecular flexibility index (Phi) is 5.26. The zero-order valence-corrected chi connectivity index (χ0v) is 21.4. The number of carbonyl (C=O) groups excluding carboxylic acids is 1. The summed E-state index contributed by atoms with van der Waals surface area (Å²) in [6, 6.07) is 0. The van der Waals surface area contributed by atoms with Gasteiger partial charge in [-0.2, -0.15) is 0 Å². The van der Waals surface area contributed by atoms with Crippen molar-refractivity contribution in [3.63, 3.8) is 0 Å². The summed E-state index contributed by atoms with van der Waals surface area (Å²) < 4.78 is 7.06. The first-order valence-electron chi connectivity index (χ1n) is 12.5. The Morgan fingerprint density at radius 3 is 2.28 bits per heavy atom.